The Morgan fingerprint density at radius 2 is 2.18 bits per heavy atom. The molecule has 1 aliphatic heterocycles. The molecule has 0 aliphatic carbocycles. The van der Waals surface area contributed by atoms with Crippen molar-refractivity contribution < 1.29 is 4.79 Å². The van der Waals surface area contributed by atoms with E-state index in [0.717, 1.165) is 0 Å². The van der Waals surface area contributed by atoms with Crippen LogP contribution in [0.2, 0.25) is 0 Å². The molecule has 1 heterocycles. The number of rotatable bonds is 1. The zero-order valence-electron chi connectivity index (χ0n) is 7.01. The van der Waals surface area contributed by atoms with E-state index in [2.05, 4.69) is 5.32 Å². The first kappa shape index (κ1) is 8.04. The molecule has 4 heteroatoms. The Balaban J connectivity index is 2.79. The number of nitrogens with one attached hydrogen (secondary N) is 2. The van der Waals surface area contributed by atoms with Gasteiger partial charge < -0.3 is 4.90 Å². The van der Waals surface area contributed by atoms with Crippen molar-refractivity contribution in [2.75, 3.05) is 7.05 Å². The largest absolute Gasteiger partial charge is 0.323 e. The van der Waals surface area contributed by atoms with Crippen LogP contribution in [0.4, 0.5) is 4.79 Å². The molecule has 0 aromatic rings. The quantitative estimate of drug-likeness (QED) is 0.573. The van der Waals surface area contributed by atoms with E-state index in [0.29, 0.717) is 11.8 Å². The number of urea groups is 1. The zero-order valence-corrected chi connectivity index (χ0v) is 7.01. The SMILES string of the molecule is CC(C)C1C(=N)NC(=O)N1C. The van der Waals surface area contributed by atoms with Gasteiger partial charge in [-0.1, -0.05) is 13.8 Å². The molecule has 62 valence electrons. The Kier molecular flexibility index (Phi) is 1.85. The van der Waals surface area contributed by atoms with Gasteiger partial charge in [0.1, 0.15) is 5.84 Å². The van der Waals surface area contributed by atoms with E-state index in [4.69, 9.17) is 5.41 Å². The molecule has 1 fully saturated rings. The highest BCUT2D eigenvalue weighted by Crippen LogP contribution is 2.14. The lowest BCUT2D eigenvalue weighted by Crippen LogP contribution is -2.35. The van der Waals surface area contributed by atoms with E-state index in [1.165, 1.54) is 0 Å². The van der Waals surface area contributed by atoms with E-state index >= 15 is 0 Å². The van der Waals surface area contributed by atoms with Gasteiger partial charge in [0.05, 0.1) is 6.04 Å². The van der Waals surface area contributed by atoms with Crippen LogP contribution in [-0.4, -0.2) is 29.9 Å². The van der Waals surface area contributed by atoms with Crippen molar-refractivity contribution in [1.29, 1.82) is 5.41 Å². The summed E-state index contributed by atoms with van der Waals surface area (Å²) in [5, 5.41) is 9.89. The highest BCUT2D eigenvalue weighted by molar-refractivity contribution is 6.05. The summed E-state index contributed by atoms with van der Waals surface area (Å²) in [5.41, 5.74) is 0. The summed E-state index contributed by atoms with van der Waals surface area (Å²) in [7, 11) is 1.71. The average molecular weight is 155 g/mol. The Morgan fingerprint density at radius 1 is 1.64 bits per heavy atom. The summed E-state index contributed by atoms with van der Waals surface area (Å²) in [5.74, 6) is 0.610. The molecule has 0 radical (unpaired) electrons. The molecular weight excluding hydrogens is 142 g/mol. The number of hydrogen-bond acceptors (Lipinski definition) is 2. The second-order valence-electron chi connectivity index (χ2n) is 3.14. The zero-order chi connectivity index (χ0) is 8.59. The van der Waals surface area contributed by atoms with E-state index in [-0.39, 0.29) is 12.1 Å². The fourth-order valence-electron chi connectivity index (χ4n) is 1.38. The number of likely N-dealkylation sites (N-methyl/N-ethyl adjacent to an activating group) is 1. The van der Waals surface area contributed by atoms with Gasteiger partial charge in [-0.15, -0.1) is 0 Å². The van der Waals surface area contributed by atoms with Crippen LogP contribution < -0.4 is 5.32 Å². The summed E-state index contributed by atoms with van der Waals surface area (Å²) >= 11 is 0. The number of amidine groups is 1. The molecule has 2 N–H and O–H groups in total. The van der Waals surface area contributed by atoms with Gasteiger partial charge in [-0.05, 0) is 5.92 Å². The summed E-state index contributed by atoms with van der Waals surface area (Å²) in [4.78, 5) is 12.5. The first-order valence-corrected chi connectivity index (χ1v) is 3.66. The van der Waals surface area contributed by atoms with E-state index < -0.39 is 0 Å². The first-order valence-electron chi connectivity index (χ1n) is 3.66. The van der Waals surface area contributed by atoms with Crippen molar-refractivity contribution in [1.82, 2.24) is 10.2 Å². The molecule has 1 atom stereocenters. The molecule has 4 nitrogen and oxygen atoms in total. The first-order chi connectivity index (χ1) is 5.04. The maximum atomic E-state index is 11.0. The Morgan fingerprint density at radius 3 is 2.36 bits per heavy atom. The summed E-state index contributed by atoms with van der Waals surface area (Å²) in [6, 6.07) is -0.240. The summed E-state index contributed by atoms with van der Waals surface area (Å²) in [6.07, 6.45) is 0. The van der Waals surface area contributed by atoms with Gasteiger partial charge in [0, 0.05) is 7.05 Å². The second-order valence-corrected chi connectivity index (χ2v) is 3.14. The van der Waals surface area contributed by atoms with Crippen molar-refractivity contribution in [3.63, 3.8) is 0 Å². The van der Waals surface area contributed by atoms with Gasteiger partial charge in [-0.2, -0.15) is 0 Å². The van der Waals surface area contributed by atoms with Crippen LogP contribution in [-0.2, 0) is 0 Å². The van der Waals surface area contributed by atoms with Crippen molar-refractivity contribution in [3.05, 3.63) is 0 Å². The third-order valence-corrected chi connectivity index (χ3v) is 1.91. The van der Waals surface area contributed by atoms with Crippen molar-refractivity contribution >= 4 is 11.9 Å². The average Bonchev–Trinajstić information content (AvgIpc) is 2.07. The van der Waals surface area contributed by atoms with Crippen molar-refractivity contribution in [2.45, 2.75) is 19.9 Å². The highest BCUT2D eigenvalue weighted by Gasteiger charge is 2.34. The minimum Gasteiger partial charge on any atom is -0.317 e. The molecule has 1 rings (SSSR count). The third-order valence-electron chi connectivity index (χ3n) is 1.91. The van der Waals surface area contributed by atoms with E-state index in [1.54, 1.807) is 11.9 Å². The molecule has 0 bridgehead atoms. The fourth-order valence-corrected chi connectivity index (χ4v) is 1.38. The number of carbonyl (C=O) groups is 1. The number of carbonyl (C=O) groups excluding carboxylic acids is 1. The van der Waals surface area contributed by atoms with Crippen LogP contribution in [0.1, 0.15) is 13.8 Å². The smallest absolute Gasteiger partial charge is 0.317 e. The van der Waals surface area contributed by atoms with Gasteiger partial charge in [0.2, 0.25) is 0 Å². The minimum atomic E-state index is -0.172. The maximum absolute atomic E-state index is 11.0. The van der Waals surface area contributed by atoms with Crippen LogP contribution in [0, 0.1) is 11.3 Å². The number of hydrogen-bond donors (Lipinski definition) is 2. The lowest BCUT2D eigenvalue weighted by molar-refractivity contribution is 0.209. The predicted molar refractivity (Wildman–Crippen MR) is 42.6 cm³/mol. The second kappa shape index (κ2) is 2.53. The van der Waals surface area contributed by atoms with E-state index in [9.17, 15) is 4.79 Å². The van der Waals surface area contributed by atoms with Crippen LogP contribution in [0.5, 0.6) is 0 Å². The monoisotopic (exact) mass is 155 g/mol. The Bertz CT molecular complexity index is 200. The normalized spacial score (nSPS) is 24.7. The van der Waals surface area contributed by atoms with Crippen LogP contribution in [0.25, 0.3) is 0 Å². The van der Waals surface area contributed by atoms with Gasteiger partial charge >= 0.3 is 6.03 Å². The van der Waals surface area contributed by atoms with Crippen molar-refractivity contribution in [2.24, 2.45) is 5.92 Å². The molecule has 11 heavy (non-hydrogen) atoms. The molecule has 1 unspecified atom stereocenters. The number of amides is 2. The number of nitrogens with zero attached hydrogens (tertiary/aromatic N) is 1. The van der Waals surface area contributed by atoms with Gasteiger partial charge in [-0.3, -0.25) is 10.7 Å². The maximum Gasteiger partial charge on any atom is 0.323 e. The van der Waals surface area contributed by atoms with Gasteiger partial charge in [0.15, 0.2) is 0 Å². The molecule has 0 spiro atoms. The van der Waals surface area contributed by atoms with Crippen LogP contribution >= 0.6 is 0 Å². The van der Waals surface area contributed by atoms with Crippen LogP contribution in [0.3, 0.4) is 0 Å². The highest BCUT2D eigenvalue weighted by atomic mass is 16.2. The van der Waals surface area contributed by atoms with Gasteiger partial charge in [-0.25, -0.2) is 4.79 Å². The van der Waals surface area contributed by atoms with E-state index in [1.807, 2.05) is 13.8 Å². The molecule has 1 aliphatic rings. The van der Waals surface area contributed by atoms with Gasteiger partial charge in [0.25, 0.3) is 0 Å². The molecule has 0 saturated carbocycles. The molecule has 2 amide bonds. The third kappa shape index (κ3) is 1.20. The van der Waals surface area contributed by atoms with Crippen molar-refractivity contribution in [3.8, 4) is 0 Å². The Hall–Kier alpha value is -1.06. The standard InChI is InChI=1S/C7H13N3O/c1-4(2)5-6(8)9-7(11)10(5)3/h4-5H,1-3H3,(H2,8,9,11). The lowest BCUT2D eigenvalue weighted by atomic mass is 10.0. The fraction of sp³-hybridized carbons (Fsp3) is 0.714. The topological polar surface area (TPSA) is 56.2 Å². The molecular formula is C7H13N3O. The Labute approximate surface area is 66.1 Å². The summed E-state index contributed by atoms with van der Waals surface area (Å²) in [6.45, 7) is 3.99. The molecule has 0 aromatic heterocycles. The predicted octanol–water partition coefficient (Wildman–Crippen LogP) is 0.643. The molecule has 0 aromatic carbocycles. The summed E-state index contributed by atoms with van der Waals surface area (Å²) < 4.78 is 0. The molecule has 1 saturated heterocycles. The lowest BCUT2D eigenvalue weighted by Gasteiger charge is -2.20. The van der Waals surface area contributed by atoms with Crippen LogP contribution in [0.15, 0.2) is 0 Å². The minimum absolute atomic E-state index is 0.0671.